The number of carbonyl (C=O) groups excluding carboxylic acids is 2. The van der Waals surface area contributed by atoms with E-state index in [4.69, 9.17) is 11.6 Å². The molecule has 1 N–H and O–H groups in total. The van der Waals surface area contributed by atoms with Crippen molar-refractivity contribution < 1.29 is 9.59 Å². The normalized spacial score (nSPS) is 20.0. The van der Waals surface area contributed by atoms with Crippen LogP contribution in [-0.4, -0.2) is 41.1 Å². The fraction of sp³-hybridized carbons (Fsp3) is 0.467. The van der Waals surface area contributed by atoms with E-state index in [9.17, 15) is 9.59 Å². The van der Waals surface area contributed by atoms with Crippen LogP contribution in [0.15, 0.2) is 29.2 Å². The zero-order chi connectivity index (χ0) is 15.4. The fourth-order valence-electron chi connectivity index (χ4n) is 2.39. The molecule has 2 atom stereocenters. The predicted octanol–water partition coefficient (Wildman–Crippen LogP) is 2.56. The molecule has 4 nitrogen and oxygen atoms in total. The van der Waals surface area contributed by atoms with E-state index in [0.717, 1.165) is 4.90 Å². The van der Waals surface area contributed by atoms with E-state index in [0.29, 0.717) is 24.5 Å². The lowest BCUT2D eigenvalue weighted by Crippen LogP contribution is -2.58. The molecule has 6 heteroatoms. The van der Waals surface area contributed by atoms with Gasteiger partial charge in [-0.25, -0.2) is 0 Å². The number of piperazine rings is 1. The van der Waals surface area contributed by atoms with Gasteiger partial charge in [-0.2, -0.15) is 0 Å². The van der Waals surface area contributed by atoms with Crippen LogP contribution in [0.3, 0.4) is 0 Å². The highest BCUT2D eigenvalue weighted by Crippen LogP contribution is 2.26. The Morgan fingerprint density at radius 1 is 1.48 bits per heavy atom. The Morgan fingerprint density at radius 3 is 2.76 bits per heavy atom. The van der Waals surface area contributed by atoms with Crippen molar-refractivity contribution in [1.29, 1.82) is 0 Å². The van der Waals surface area contributed by atoms with Gasteiger partial charge in [0.2, 0.25) is 11.8 Å². The van der Waals surface area contributed by atoms with Crippen molar-refractivity contribution in [2.45, 2.75) is 36.5 Å². The van der Waals surface area contributed by atoms with Gasteiger partial charge in [0.05, 0.1) is 5.25 Å². The van der Waals surface area contributed by atoms with Crippen LogP contribution in [0, 0.1) is 0 Å². The molecule has 114 valence electrons. The van der Waals surface area contributed by atoms with E-state index < -0.39 is 0 Å². The molecule has 1 aliphatic heterocycles. The van der Waals surface area contributed by atoms with E-state index in [1.54, 1.807) is 4.90 Å². The molecule has 2 unspecified atom stereocenters. The molecule has 2 rings (SSSR count). The highest BCUT2D eigenvalue weighted by Gasteiger charge is 2.33. The number of halogens is 1. The van der Waals surface area contributed by atoms with Gasteiger partial charge in [0.15, 0.2) is 0 Å². The van der Waals surface area contributed by atoms with Crippen molar-refractivity contribution in [2.24, 2.45) is 0 Å². The molecular formula is C15H19ClN2O2S. The van der Waals surface area contributed by atoms with Crippen LogP contribution in [0.25, 0.3) is 0 Å². The summed E-state index contributed by atoms with van der Waals surface area (Å²) >= 11 is 7.34. The highest BCUT2D eigenvalue weighted by atomic mass is 35.5. The van der Waals surface area contributed by atoms with Crippen LogP contribution in [0.1, 0.15) is 20.3 Å². The van der Waals surface area contributed by atoms with Gasteiger partial charge in [-0.3, -0.25) is 9.59 Å². The molecule has 0 bridgehead atoms. The minimum atomic E-state index is -0.348. The maximum atomic E-state index is 12.6. The van der Waals surface area contributed by atoms with E-state index in [1.807, 2.05) is 38.1 Å². The number of amides is 2. The van der Waals surface area contributed by atoms with Crippen molar-refractivity contribution in [2.75, 3.05) is 13.1 Å². The van der Waals surface area contributed by atoms with Gasteiger partial charge in [-0.1, -0.05) is 18.5 Å². The maximum absolute atomic E-state index is 12.6. The molecule has 1 heterocycles. The van der Waals surface area contributed by atoms with Crippen LogP contribution in [0.4, 0.5) is 0 Å². The van der Waals surface area contributed by atoms with E-state index in [2.05, 4.69) is 5.32 Å². The lowest BCUT2D eigenvalue weighted by atomic mass is 10.1. The largest absolute Gasteiger partial charge is 0.353 e. The third-order valence-corrected chi connectivity index (χ3v) is 4.83. The minimum Gasteiger partial charge on any atom is -0.353 e. The SMILES string of the molecule is CCC1C(=O)NCCN1C(=O)C(C)Sc1ccc(Cl)cc1. The lowest BCUT2D eigenvalue weighted by Gasteiger charge is -2.36. The second-order valence-electron chi connectivity index (χ2n) is 4.96. The van der Waals surface area contributed by atoms with Crippen LogP contribution in [0.2, 0.25) is 5.02 Å². The van der Waals surface area contributed by atoms with Gasteiger partial charge in [0.25, 0.3) is 0 Å². The first-order chi connectivity index (χ1) is 10.0. The number of rotatable bonds is 4. The Hall–Kier alpha value is -1.20. The average molecular weight is 327 g/mol. The third-order valence-electron chi connectivity index (χ3n) is 3.47. The summed E-state index contributed by atoms with van der Waals surface area (Å²) < 4.78 is 0. The third kappa shape index (κ3) is 3.92. The van der Waals surface area contributed by atoms with Crippen molar-refractivity contribution in [3.05, 3.63) is 29.3 Å². The molecule has 2 amide bonds. The number of thioether (sulfide) groups is 1. The van der Waals surface area contributed by atoms with Crippen LogP contribution in [-0.2, 0) is 9.59 Å². The molecule has 0 aliphatic carbocycles. The smallest absolute Gasteiger partial charge is 0.242 e. The molecule has 1 aromatic carbocycles. The number of nitrogens with one attached hydrogen (secondary N) is 1. The summed E-state index contributed by atoms with van der Waals surface area (Å²) in [5.41, 5.74) is 0. The number of hydrogen-bond acceptors (Lipinski definition) is 3. The molecule has 0 aromatic heterocycles. The van der Waals surface area contributed by atoms with Crippen molar-refractivity contribution >= 4 is 35.2 Å². The van der Waals surface area contributed by atoms with Gasteiger partial charge in [0, 0.05) is 23.0 Å². The second-order valence-corrected chi connectivity index (χ2v) is 6.81. The van der Waals surface area contributed by atoms with E-state index in [-0.39, 0.29) is 23.1 Å². The maximum Gasteiger partial charge on any atom is 0.242 e. The molecule has 1 fully saturated rings. The summed E-state index contributed by atoms with van der Waals surface area (Å²) in [6, 6.07) is 7.07. The van der Waals surface area contributed by atoms with Crippen LogP contribution >= 0.6 is 23.4 Å². The molecule has 0 spiro atoms. The van der Waals surface area contributed by atoms with Gasteiger partial charge in [-0.05, 0) is 37.6 Å². The molecule has 1 aliphatic rings. The van der Waals surface area contributed by atoms with Crippen molar-refractivity contribution in [3.63, 3.8) is 0 Å². The molecule has 0 saturated carbocycles. The molecular weight excluding hydrogens is 308 g/mol. The monoisotopic (exact) mass is 326 g/mol. The van der Waals surface area contributed by atoms with E-state index in [1.165, 1.54) is 11.8 Å². The summed E-state index contributed by atoms with van der Waals surface area (Å²) in [5, 5.41) is 3.26. The lowest BCUT2D eigenvalue weighted by molar-refractivity contribution is -0.142. The Labute approximate surface area is 134 Å². The molecule has 21 heavy (non-hydrogen) atoms. The van der Waals surface area contributed by atoms with Crippen LogP contribution in [0.5, 0.6) is 0 Å². The molecule has 1 saturated heterocycles. The minimum absolute atomic E-state index is 0.0108. The standard InChI is InChI=1S/C15H19ClN2O2S/c1-3-13-14(19)17-8-9-18(13)15(20)10(2)21-12-6-4-11(16)5-7-12/h4-7,10,13H,3,8-9H2,1-2H3,(H,17,19). The zero-order valence-electron chi connectivity index (χ0n) is 12.1. The predicted molar refractivity (Wildman–Crippen MR) is 85.6 cm³/mol. The summed E-state index contributed by atoms with van der Waals surface area (Å²) in [6.07, 6.45) is 0.635. The number of hydrogen-bond donors (Lipinski definition) is 1. The number of nitrogens with zero attached hydrogens (tertiary/aromatic N) is 1. The first-order valence-electron chi connectivity index (χ1n) is 7.03. The first kappa shape index (κ1) is 16.2. The van der Waals surface area contributed by atoms with Gasteiger partial charge >= 0.3 is 0 Å². The van der Waals surface area contributed by atoms with E-state index >= 15 is 0 Å². The Kier molecular flexibility index (Phi) is 5.53. The molecule has 0 radical (unpaired) electrons. The van der Waals surface area contributed by atoms with Gasteiger partial charge in [0.1, 0.15) is 6.04 Å². The van der Waals surface area contributed by atoms with Gasteiger partial charge < -0.3 is 10.2 Å². The summed E-state index contributed by atoms with van der Waals surface area (Å²) in [6.45, 7) is 4.90. The van der Waals surface area contributed by atoms with Crippen LogP contribution < -0.4 is 5.32 Å². The zero-order valence-corrected chi connectivity index (χ0v) is 13.7. The Balaban J connectivity index is 2.04. The van der Waals surface area contributed by atoms with Gasteiger partial charge in [-0.15, -0.1) is 11.8 Å². The topological polar surface area (TPSA) is 49.4 Å². The Morgan fingerprint density at radius 2 is 2.14 bits per heavy atom. The quantitative estimate of drug-likeness (QED) is 0.865. The van der Waals surface area contributed by atoms with Crippen molar-refractivity contribution in [1.82, 2.24) is 10.2 Å². The first-order valence-corrected chi connectivity index (χ1v) is 8.29. The average Bonchev–Trinajstić information content (AvgIpc) is 2.48. The summed E-state index contributed by atoms with van der Waals surface area (Å²) in [4.78, 5) is 27.1. The molecule has 1 aromatic rings. The van der Waals surface area contributed by atoms with Crippen molar-refractivity contribution in [3.8, 4) is 0 Å². The Bertz CT molecular complexity index is 521. The highest BCUT2D eigenvalue weighted by molar-refractivity contribution is 8.00. The number of benzene rings is 1. The summed E-state index contributed by atoms with van der Waals surface area (Å²) in [7, 11) is 0. The second kappa shape index (κ2) is 7.18. The number of carbonyl (C=O) groups is 2. The fourth-order valence-corrected chi connectivity index (χ4v) is 3.45. The summed E-state index contributed by atoms with van der Waals surface area (Å²) in [5.74, 6) is -0.0440.